The Kier molecular flexibility index (Phi) is 3.46. The van der Waals surface area contributed by atoms with Crippen LogP contribution in [0.1, 0.15) is 43.4 Å². The molecule has 3 aromatic rings. The Balaban J connectivity index is 1.84. The van der Waals surface area contributed by atoms with Crippen molar-refractivity contribution in [2.75, 3.05) is 5.32 Å². The van der Waals surface area contributed by atoms with E-state index >= 15 is 0 Å². The first-order chi connectivity index (χ1) is 10.0. The monoisotopic (exact) mass is 304 g/mol. The first-order valence-electron chi connectivity index (χ1n) is 6.70. The molecule has 3 aromatic heterocycles. The average molecular weight is 304 g/mol. The van der Waals surface area contributed by atoms with Crippen LogP contribution in [0.5, 0.6) is 0 Å². The van der Waals surface area contributed by atoms with Crippen LogP contribution in [-0.2, 0) is 0 Å². The van der Waals surface area contributed by atoms with Crippen molar-refractivity contribution in [1.82, 2.24) is 25.1 Å². The third-order valence-electron chi connectivity index (χ3n) is 3.15. The van der Waals surface area contributed by atoms with Crippen LogP contribution in [0.3, 0.4) is 0 Å². The molecular formula is C13H16N6OS. The number of hydrogen-bond donors (Lipinski definition) is 3. The maximum absolute atomic E-state index is 11.9. The van der Waals surface area contributed by atoms with Crippen LogP contribution in [0.25, 0.3) is 11.0 Å². The van der Waals surface area contributed by atoms with Crippen LogP contribution in [0.2, 0.25) is 0 Å². The van der Waals surface area contributed by atoms with Gasteiger partial charge in [-0.3, -0.25) is 14.9 Å². The highest BCUT2D eigenvalue weighted by Crippen LogP contribution is 2.24. The zero-order valence-corrected chi connectivity index (χ0v) is 12.8. The summed E-state index contributed by atoms with van der Waals surface area (Å²) >= 11 is 1.64. The lowest BCUT2D eigenvalue weighted by atomic mass is 10.2. The Hall–Kier alpha value is -2.22. The number of aromatic nitrogens is 5. The molecule has 8 heteroatoms. The number of fused-ring (bicyclic) bond motifs is 1. The predicted octanol–water partition coefficient (Wildman–Crippen LogP) is 2.40. The Morgan fingerprint density at radius 3 is 2.81 bits per heavy atom. The predicted molar refractivity (Wildman–Crippen MR) is 82.8 cm³/mol. The maximum Gasteiger partial charge on any atom is 0.263 e. The molecule has 110 valence electrons. The Morgan fingerprint density at radius 2 is 2.10 bits per heavy atom. The summed E-state index contributed by atoms with van der Waals surface area (Å²) in [6.07, 6.45) is 1.46. The maximum atomic E-state index is 11.9. The summed E-state index contributed by atoms with van der Waals surface area (Å²) in [7, 11) is 0. The topological polar surface area (TPSA) is 99.3 Å². The van der Waals surface area contributed by atoms with E-state index in [1.54, 1.807) is 11.3 Å². The average Bonchev–Trinajstić information content (AvgIpc) is 3.07. The number of nitrogens with zero attached hydrogens (tertiary/aromatic N) is 3. The van der Waals surface area contributed by atoms with E-state index in [0.29, 0.717) is 22.9 Å². The first kappa shape index (κ1) is 13.7. The molecule has 0 aliphatic carbocycles. The molecule has 3 heterocycles. The molecule has 1 unspecified atom stereocenters. The molecule has 0 radical (unpaired) electrons. The fraction of sp³-hybridized carbons (Fsp3) is 0.385. The summed E-state index contributed by atoms with van der Waals surface area (Å²) in [5.74, 6) is 0.818. The minimum atomic E-state index is -0.218. The van der Waals surface area contributed by atoms with Gasteiger partial charge in [0.2, 0.25) is 5.95 Å². The quantitative estimate of drug-likeness (QED) is 0.687. The largest absolute Gasteiger partial charge is 0.348 e. The third-order valence-corrected chi connectivity index (χ3v) is 4.31. The molecule has 0 saturated heterocycles. The molecule has 0 aliphatic heterocycles. The molecule has 0 saturated carbocycles. The highest BCUT2D eigenvalue weighted by molar-refractivity contribution is 7.09. The van der Waals surface area contributed by atoms with Crippen molar-refractivity contribution in [2.24, 2.45) is 0 Å². The standard InChI is InChI=1S/C13H16N6OS/c1-6(2)12-16-9(5-21-12)7(3)15-13-17-10-8(4-14-19-10)11(20)18-13/h4-7H,1-3H3,(H3,14,15,17,18,19,20). The van der Waals surface area contributed by atoms with E-state index in [4.69, 9.17) is 0 Å². The number of hydrogen-bond acceptors (Lipinski definition) is 6. The zero-order chi connectivity index (χ0) is 15.0. The lowest BCUT2D eigenvalue weighted by molar-refractivity contribution is 0.793. The van der Waals surface area contributed by atoms with Gasteiger partial charge >= 0.3 is 0 Å². The van der Waals surface area contributed by atoms with Gasteiger partial charge in [-0.2, -0.15) is 10.1 Å². The first-order valence-corrected chi connectivity index (χ1v) is 7.58. The minimum absolute atomic E-state index is 0.0442. The number of thiazole rings is 1. The fourth-order valence-electron chi connectivity index (χ4n) is 1.96. The van der Waals surface area contributed by atoms with E-state index < -0.39 is 0 Å². The van der Waals surface area contributed by atoms with Gasteiger partial charge in [0.1, 0.15) is 5.39 Å². The zero-order valence-electron chi connectivity index (χ0n) is 12.0. The van der Waals surface area contributed by atoms with Crippen LogP contribution < -0.4 is 10.9 Å². The second-order valence-corrected chi connectivity index (χ2v) is 6.07. The lowest BCUT2D eigenvalue weighted by Gasteiger charge is -2.11. The van der Waals surface area contributed by atoms with Crippen molar-refractivity contribution in [3.8, 4) is 0 Å². The summed E-state index contributed by atoms with van der Waals surface area (Å²) in [5, 5.41) is 13.3. The van der Waals surface area contributed by atoms with Crippen LogP contribution in [0.4, 0.5) is 5.95 Å². The molecular weight excluding hydrogens is 288 g/mol. The van der Waals surface area contributed by atoms with Crippen LogP contribution >= 0.6 is 11.3 Å². The lowest BCUT2D eigenvalue weighted by Crippen LogP contribution is -2.15. The molecule has 0 fully saturated rings. The normalized spacial score (nSPS) is 13.0. The van der Waals surface area contributed by atoms with Gasteiger partial charge in [0.25, 0.3) is 5.56 Å². The molecule has 0 bridgehead atoms. The second-order valence-electron chi connectivity index (χ2n) is 5.18. The molecule has 0 aliphatic rings. The van der Waals surface area contributed by atoms with Crippen molar-refractivity contribution in [1.29, 1.82) is 0 Å². The fourth-order valence-corrected chi connectivity index (χ4v) is 2.89. The number of H-pyrrole nitrogens is 2. The summed E-state index contributed by atoms with van der Waals surface area (Å²) in [6.45, 7) is 6.22. The SMILES string of the molecule is CC(C)c1nc(C(C)Nc2nc3[nH]ncc3c(=O)[nH]2)cs1. The van der Waals surface area contributed by atoms with Gasteiger partial charge in [0, 0.05) is 11.3 Å². The summed E-state index contributed by atoms with van der Waals surface area (Å²) in [6, 6.07) is -0.0442. The van der Waals surface area contributed by atoms with E-state index in [9.17, 15) is 4.79 Å². The molecule has 1 atom stereocenters. The van der Waals surface area contributed by atoms with E-state index in [-0.39, 0.29) is 11.6 Å². The Bertz CT molecular complexity index is 817. The number of anilines is 1. The molecule has 3 rings (SSSR count). The van der Waals surface area contributed by atoms with E-state index in [1.807, 2.05) is 12.3 Å². The van der Waals surface area contributed by atoms with E-state index in [0.717, 1.165) is 10.7 Å². The molecule has 3 N–H and O–H groups in total. The van der Waals surface area contributed by atoms with Crippen molar-refractivity contribution in [3.63, 3.8) is 0 Å². The van der Waals surface area contributed by atoms with Gasteiger partial charge in [0.05, 0.1) is 22.9 Å². The molecule has 0 spiro atoms. The van der Waals surface area contributed by atoms with Gasteiger partial charge < -0.3 is 5.32 Å². The molecule has 7 nitrogen and oxygen atoms in total. The second kappa shape index (κ2) is 5.28. The summed E-state index contributed by atoms with van der Waals surface area (Å²) in [5.41, 5.74) is 1.19. The van der Waals surface area contributed by atoms with Crippen molar-refractivity contribution < 1.29 is 0 Å². The van der Waals surface area contributed by atoms with E-state index in [2.05, 4.69) is 44.3 Å². The molecule has 21 heavy (non-hydrogen) atoms. The molecule has 0 aromatic carbocycles. The van der Waals surface area contributed by atoms with Gasteiger partial charge in [0.15, 0.2) is 5.65 Å². The Labute approximate surface area is 124 Å². The summed E-state index contributed by atoms with van der Waals surface area (Å²) in [4.78, 5) is 23.5. The Morgan fingerprint density at radius 1 is 1.29 bits per heavy atom. The van der Waals surface area contributed by atoms with E-state index in [1.165, 1.54) is 6.20 Å². The number of nitrogens with one attached hydrogen (secondary N) is 3. The summed E-state index contributed by atoms with van der Waals surface area (Å²) < 4.78 is 0. The minimum Gasteiger partial charge on any atom is -0.348 e. The van der Waals surface area contributed by atoms with Gasteiger partial charge in [-0.25, -0.2) is 4.98 Å². The highest BCUT2D eigenvalue weighted by atomic mass is 32.1. The van der Waals surface area contributed by atoms with Crippen LogP contribution in [0.15, 0.2) is 16.4 Å². The van der Waals surface area contributed by atoms with Crippen molar-refractivity contribution in [3.05, 3.63) is 32.6 Å². The van der Waals surface area contributed by atoms with Crippen LogP contribution in [0, 0.1) is 0 Å². The van der Waals surface area contributed by atoms with Gasteiger partial charge in [-0.1, -0.05) is 13.8 Å². The smallest absolute Gasteiger partial charge is 0.263 e. The van der Waals surface area contributed by atoms with Crippen LogP contribution in [-0.4, -0.2) is 25.1 Å². The highest BCUT2D eigenvalue weighted by Gasteiger charge is 2.13. The van der Waals surface area contributed by atoms with Crippen molar-refractivity contribution in [2.45, 2.75) is 32.7 Å². The van der Waals surface area contributed by atoms with Crippen molar-refractivity contribution >= 4 is 28.3 Å². The number of rotatable bonds is 4. The number of aromatic amines is 2. The third kappa shape index (κ3) is 2.66. The van der Waals surface area contributed by atoms with Gasteiger partial charge in [-0.15, -0.1) is 11.3 Å². The molecule has 0 amide bonds. The van der Waals surface area contributed by atoms with Gasteiger partial charge in [-0.05, 0) is 6.92 Å².